The van der Waals surface area contributed by atoms with E-state index in [1.165, 1.54) is 6.07 Å². The molecule has 21 heavy (non-hydrogen) atoms. The second-order valence-corrected chi connectivity index (χ2v) is 4.87. The van der Waals surface area contributed by atoms with Gasteiger partial charge in [-0.1, -0.05) is 6.07 Å². The van der Waals surface area contributed by atoms with E-state index < -0.39 is 4.92 Å². The molecule has 0 fully saturated rings. The number of amides is 1. The molecule has 1 aromatic heterocycles. The summed E-state index contributed by atoms with van der Waals surface area (Å²) in [6, 6.07) is 6.88. The first-order valence-electron chi connectivity index (χ1n) is 6.38. The fourth-order valence-corrected chi connectivity index (χ4v) is 1.88. The zero-order valence-electron chi connectivity index (χ0n) is 12.0. The standard InChI is InChI=1S/C15H15N3O3/c1-9-4-5-12(6-10(9)2)15(19)17-14-7-11(3)13(8-16-14)18(20)21/h4-8H,1-3H3,(H,16,17,19). The highest BCUT2D eigenvalue weighted by Crippen LogP contribution is 2.19. The zero-order chi connectivity index (χ0) is 15.6. The van der Waals surface area contributed by atoms with Gasteiger partial charge in [-0.3, -0.25) is 14.9 Å². The van der Waals surface area contributed by atoms with Gasteiger partial charge in [0.1, 0.15) is 12.0 Å². The molecule has 108 valence electrons. The Bertz CT molecular complexity index is 726. The van der Waals surface area contributed by atoms with Gasteiger partial charge in [-0.15, -0.1) is 0 Å². The van der Waals surface area contributed by atoms with E-state index in [1.54, 1.807) is 19.1 Å². The van der Waals surface area contributed by atoms with E-state index in [0.29, 0.717) is 16.9 Å². The van der Waals surface area contributed by atoms with Crippen molar-refractivity contribution in [3.63, 3.8) is 0 Å². The third kappa shape index (κ3) is 3.22. The molecule has 0 atom stereocenters. The van der Waals surface area contributed by atoms with Crippen molar-refractivity contribution in [1.29, 1.82) is 0 Å². The monoisotopic (exact) mass is 285 g/mol. The second-order valence-electron chi connectivity index (χ2n) is 4.87. The van der Waals surface area contributed by atoms with Gasteiger partial charge in [-0.25, -0.2) is 4.98 Å². The summed E-state index contributed by atoms with van der Waals surface area (Å²) < 4.78 is 0. The lowest BCUT2D eigenvalue weighted by atomic mass is 10.1. The number of hydrogen-bond donors (Lipinski definition) is 1. The molecule has 0 aliphatic rings. The maximum Gasteiger partial charge on any atom is 0.290 e. The van der Waals surface area contributed by atoms with E-state index in [9.17, 15) is 14.9 Å². The lowest BCUT2D eigenvalue weighted by Gasteiger charge is -2.07. The predicted molar refractivity (Wildman–Crippen MR) is 79.5 cm³/mol. The van der Waals surface area contributed by atoms with Crippen LogP contribution in [0, 0.1) is 30.9 Å². The minimum absolute atomic E-state index is 0.0702. The molecule has 6 heteroatoms. The molecule has 0 unspecified atom stereocenters. The van der Waals surface area contributed by atoms with Crippen molar-refractivity contribution >= 4 is 17.4 Å². The molecular formula is C15H15N3O3. The average molecular weight is 285 g/mol. The van der Waals surface area contributed by atoms with Gasteiger partial charge in [0.2, 0.25) is 0 Å². The smallest absolute Gasteiger partial charge is 0.290 e. The SMILES string of the molecule is Cc1ccc(C(=O)Nc2cc(C)c([N+](=O)[O-])cn2)cc1C. The van der Waals surface area contributed by atoms with Gasteiger partial charge in [-0.2, -0.15) is 0 Å². The predicted octanol–water partition coefficient (Wildman–Crippen LogP) is 3.17. The first-order valence-corrected chi connectivity index (χ1v) is 6.38. The van der Waals surface area contributed by atoms with Crippen molar-refractivity contribution in [1.82, 2.24) is 4.98 Å². The number of nitrogens with one attached hydrogen (secondary N) is 1. The van der Waals surface area contributed by atoms with Crippen molar-refractivity contribution in [3.8, 4) is 0 Å². The molecule has 1 amide bonds. The Morgan fingerprint density at radius 3 is 2.43 bits per heavy atom. The highest BCUT2D eigenvalue weighted by Gasteiger charge is 2.13. The normalized spacial score (nSPS) is 10.2. The summed E-state index contributed by atoms with van der Waals surface area (Å²) in [7, 11) is 0. The van der Waals surface area contributed by atoms with E-state index in [0.717, 1.165) is 17.3 Å². The Morgan fingerprint density at radius 1 is 1.14 bits per heavy atom. The van der Waals surface area contributed by atoms with Crippen molar-refractivity contribution in [2.75, 3.05) is 5.32 Å². The summed E-state index contributed by atoms with van der Waals surface area (Å²) in [5.74, 6) is 0.000168. The van der Waals surface area contributed by atoms with E-state index in [-0.39, 0.29) is 11.6 Å². The molecule has 0 saturated heterocycles. The van der Waals surface area contributed by atoms with Crippen LogP contribution in [0.3, 0.4) is 0 Å². The number of benzene rings is 1. The fourth-order valence-electron chi connectivity index (χ4n) is 1.88. The molecule has 1 aromatic carbocycles. The maximum absolute atomic E-state index is 12.1. The lowest BCUT2D eigenvalue weighted by molar-refractivity contribution is -0.385. The maximum atomic E-state index is 12.1. The molecule has 1 heterocycles. The van der Waals surface area contributed by atoms with Crippen LogP contribution in [0.1, 0.15) is 27.0 Å². The number of anilines is 1. The van der Waals surface area contributed by atoms with Gasteiger partial charge < -0.3 is 5.32 Å². The summed E-state index contributed by atoms with van der Waals surface area (Å²) in [6.45, 7) is 5.50. The van der Waals surface area contributed by atoms with Crippen LogP contribution in [0.25, 0.3) is 0 Å². The Balaban J connectivity index is 2.21. The van der Waals surface area contributed by atoms with Crippen LogP contribution in [-0.4, -0.2) is 15.8 Å². The van der Waals surface area contributed by atoms with Gasteiger partial charge in [0.05, 0.1) is 4.92 Å². The van der Waals surface area contributed by atoms with Crippen LogP contribution >= 0.6 is 0 Å². The first-order chi connectivity index (χ1) is 9.88. The Morgan fingerprint density at radius 2 is 1.86 bits per heavy atom. The zero-order valence-corrected chi connectivity index (χ0v) is 12.0. The second kappa shape index (κ2) is 5.70. The first kappa shape index (κ1) is 14.6. The molecule has 0 aliphatic heterocycles. The Kier molecular flexibility index (Phi) is 3.98. The van der Waals surface area contributed by atoms with Crippen molar-refractivity contribution < 1.29 is 9.72 Å². The highest BCUT2D eigenvalue weighted by molar-refractivity contribution is 6.04. The third-order valence-corrected chi connectivity index (χ3v) is 3.29. The quantitative estimate of drug-likeness (QED) is 0.693. The van der Waals surface area contributed by atoms with E-state index in [1.807, 2.05) is 19.9 Å². The fraction of sp³-hybridized carbons (Fsp3) is 0.200. The number of pyridine rings is 1. The molecule has 2 rings (SSSR count). The van der Waals surface area contributed by atoms with Gasteiger partial charge >= 0.3 is 0 Å². The van der Waals surface area contributed by atoms with E-state index >= 15 is 0 Å². The molecule has 0 aliphatic carbocycles. The summed E-state index contributed by atoms with van der Waals surface area (Å²) >= 11 is 0. The summed E-state index contributed by atoms with van der Waals surface area (Å²) in [5.41, 5.74) is 3.03. The average Bonchev–Trinajstić information content (AvgIpc) is 2.41. The van der Waals surface area contributed by atoms with Gasteiger partial charge in [0, 0.05) is 11.1 Å². The van der Waals surface area contributed by atoms with Crippen LogP contribution in [0.2, 0.25) is 0 Å². The summed E-state index contributed by atoms with van der Waals surface area (Å²) in [5, 5.41) is 13.4. The Labute approximate surface area is 122 Å². The third-order valence-electron chi connectivity index (χ3n) is 3.29. The van der Waals surface area contributed by atoms with Crippen LogP contribution in [0.15, 0.2) is 30.5 Å². The number of hydrogen-bond acceptors (Lipinski definition) is 4. The number of rotatable bonds is 3. The van der Waals surface area contributed by atoms with Crippen molar-refractivity contribution in [2.45, 2.75) is 20.8 Å². The lowest BCUT2D eigenvalue weighted by Crippen LogP contribution is -2.13. The number of carbonyl (C=O) groups is 1. The van der Waals surface area contributed by atoms with Crippen molar-refractivity contribution in [2.24, 2.45) is 0 Å². The van der Waals surface area contributed by atoms with E-state index in [4.69, 9.17) is 0 Å². The molecular weight excluding hydrogens is 270 g/mol. The van der Waals surface area contributed by atoms with Crippen LogP contribution in [-0.2, 0) is 0 Å². The largest absolute Gasteiger partial charge is 0.307 e. The molecule has 2 aromatic rings. The Hall–Kier alpha value is -2.76. The molecule has 0 bridgehead atoms. The summed E-state index contributed by atoms with van der Waals surface area (Å²) in [4.78, 5) is 26.2. The topological polar surface area (TPSA) is 85.1 Å². The molecule has 1 N–H and O–H groups in total. The van der Waals surface area contributed by atoms with Crippen molar-refractivity contribution in [3.05, 3.63) is 62.8 Å². The van der Waals surface area contributed by atoms with Gasteiger partial charge in [0.15, 0.2) is 0 Å². The number of nitrogens with zero attached hydrogens (tertiary/aromatic N) is 2. The van der Waals surface area contributed by atoms with Crippen LogP contribution < -0.4 is 5.32 Å². The number of aryl methyl sites for hydroxylation is 3. The molecule has 0 saturated carbocycles. The van der Waals surface area contributed by atoms with Crippen LogP contribution in [0.4, 0.5) is 11.5 Å². The molecule has 6 nitrogen and oxygen atoms in total. The minimum atomic E-state index is -0.503. The number of aromatic nitrogens is 1. The van der Waals surface area contributed by atoms with Crippen LogP contribution in [0.5, 0.6) is 0 Å². The van der Waals surface area contributed by atoms with E-state index in [2.05, 4.69) is 10.3 Å². The molecule has 0 radical (unpaired) electrons. The number of carbonyl (C=O) groups excluding carboxylic acids is 1. The number of nitro groups is 1. The van der Waals surface area contributed by atoms with Gasteiger partial charge in [-0.05, 0) is 50.1 Å². The highest BCUT2D eigenvalue weighted by atomic mass is 16.6. The molecule has 0 spiro atoms. The summed E-state index contributed by atoms with van der Waals surface area (Å²) in [6.07, 6.45) is 1.14. The minimum Gasteiger partial charge on any atom is -0.307 e. The van der Waals surface area contributed by atoms with Gasteiger partial charge in [0.25, 0.3) is 11.6 Å².